The molecule has 112 valence electrons. The molecule has 1 unspecified atom stereocenters. The lowest BCUT2D eigenvalue weighted by Crippen LogP contribution is -2.53. The van der Waals surface area contributed by atoms with Crippen molar-refractivity contribution < 1.29 is 29.6 Å². The van der Waals surface area contributed by atoms with Gasteiger partial charge in [0.05, 0.1) is 25.7 Å². The zero-order chi connectivity index (χ0) is 14.3. The lowest BCUT2D eigenvalue weighted by atomic mass is 9.98. The third-order valence-electron chi connectivity index (χ3n) is 3.23. The van der Waals surface area contributed by atoms with Gasteiger partial charge >= 0.3 is 5.97 Å². The van der Waals surface area contributed by atoms with Gasteiger partial charge in [0, 0.05) is 0 Å². The predicted octanol–water partition coefficient (Wildman–Crippen LogP) is -0.0185. The molecule has 0 aromatic rings. The van der Waals surface area contributed by atoms with Gasteiger partial charge in [-0.25, -0.2) is 0 Å². The third-order valence-corrected chi connectivity index (χ3v) is 3.23. The first-order valence-corrected chi connectivity index (χ1v) is 6.87. The molecule has 6 nitrogen and oxygen atoms in total. The van der Waals surface area contributed by atoms with Crippen molar-refractivity contribution >= 4 is 5.97 Å². The molecule has 0 radical (unpaired) electrons. The Hall–Kier alpha value is -0.690. The fraction of sp³-hybridized carbons (Fsp3) is 0.923. The number of rotatable bonds is 7. The van der Waals surface area contributed by atoms with Gasteiger partial charge in [-0.2, -0.15) is 0 Å². The van der Waals surface area contributed by atoms with Crippen molar-refractivity contribution in [3.05, 3.63) is 0 Å². The minimum Gasteiger partial charge on any atom is -0.466 e. The molecule has 0 aromatic heterocycles. The minimum atomic E-state index is -1.28. The molecular formula is C13H24O6. The van der Waals surface area contributed by atoms with Crippen LogP contribution in [0.1, 0.15) is 39.0 Å². The van der Waals surface area contributed by atoms with E-state index in [1.165, 1.54) is 0 Å². The van der Waals surface area contributed by atoms with Gasteiger partial charge in [0.1, 0.15) is 18.3 Å². The molecule has 1 rings (SSSR count). The Morgan fingerprint density at radius 3 is 2.63 bits per heavy atom. The zero-order valence-corrected chi connectivity index (χ0v) is 11.3. The zero-order valence-electron chi connectivity index (χ0n) is 11.3. The van der Waals surface area contributed by atoms with Crippen LogP contribution in [0.15, 0.2) is 0 Å². The van der Waals surface area contributed by atoms with E-state index >= 15 is 0 Å². The van der Waals surface area contributed by atoms with E-state index in [9.17, 15) is 20.1 Å². The van der Waals surface area contributed by atoms with Gasteiger partial charge in [0.25, 0.3) is 0 Å². The molecule has 0 saturated carbocycles. The van der Waals surface area contributed by atoms with Crippen LogP contribution in [0.25, 0.3) is 0 Å². The SMILES string of the molecule is CCCCCCOC(=O)CC1OC[C@@H](O)[C@H](O)[C@H]1O. The van der Waals surface area contributed by atoms with Gasteiger partial charge in [0.2, 0.25) is 0 Å². The molecule has 0 bridgehead atoms. The molecule has 1 aliphatic rings. The number of aliphatic hydroxyl groups is 3. The second-order valence-corrected chi connectivity index (χ2v) is 4.91. The number of esters is 1. The Morgan fingerprint density at radius 2 is 1.95 bits per heavy atom. The number of carbonyl (C=O) groups excluding carboxylic acids is 1. The normalized spacial score (nSPS) is 31.2. The van der Waals surface area contributed by atoms with Gasteiger partial charge in [-0.1, -0.05) is 26.2 Å². The summed E-state index contributed by atoms with van der Waals surface area (Å²) in [6, 6.07) is 0. The highest BCUT2D eigenvalue weighted by molar-refractivity contribution is 5.70. The first-order chi connectivity index (χ1) is 9.06. The van der Waals surface area contributed by atoms with Crippen LogP contribution in [-0.4, -0.2) is 58.9 Å². The van der Waals surface area contributed by atoms with Gasteiger partial charge in [-0.15, -0.1) is 0 Å². The number of unbranched alkanes of at least 4 members (excludes halogenated alkanes) is 3. The van der Waals surface area contributed by atoms with E-state index in [1.807, 2.05) is 0 Å². The van der Waals surface area contributed by atoms with Crippen LogP contribution in [0.5, 0.6) is 0 Å². The molecule has 1 aliphatic heterocycles. The maximum Gasteiger partial charge on any atom is 0.308 e. The molecule has 1 heterocycles. The van der Waals surface area contributed by atoms with Crippen LogP contribution < -0.4 is 0 Å². The van der Waals surface area contributed by atoms with Crippen LogP contribution >= 0.6 is 0 Å². The summed E-state index contributed by atoms with van der Waals surface area (Å²) in [4.78, 5) is 11.5. The second-order valence-electron chi connectivity index (χ2n) is 4.91. The number of hydrogen-bond donors (Lipinski definition) is 3. The van der Waals surface area contributed by atoms with Gasteiger partial charge in [-0.05, 0) is 6.42 Å². The van der Waals surface area contributed by atoms with Crippen LogP contribution in [0, 0.1) is 0 Å². The largest absolute Gasteiger partial charge is 0.466 e. The van der Waals surface area contributed by atoms with Crippen molar-refractivity contribution in [1.82, 2.24) is 0 Å². The van der Waals surface area contributed by atoms with E-state index in [0.717, 1.165) is 25.7 Å². The summed E-state index contributed by atoms with van der Waals surface area (Å²) in [5, 5.41) is 28.4. The Morgan fingerprint density at radius 1 is 1.21 bits per heavy atom. The predicted molar refractivity (Wildman–Crippen MR) is 67.5 cm³/mol. The van der Waals surface area contributed by atoms with E-state index < -0.39 is 30.4 Å². The van der Waals surface area contributed by atoms with Crippen molar-refractivity contribution in [2.45, 2.75) is 63.4 Å². The molecule has 0 aliphatic carbocycles. The number of hydrogen-bond acceptors (Lipinski definition) is 6. The van der Waals surface area contributed by atoms with Crippen LogP contribution in [0.2, 0.25) is 0 Å². The average molecular weight is 276 g/mol. The smallest absolute Gasteiger partial charge is 0.308 e. The lowest BCUT2D eigenvalue weighted by Gasteiger charge is -2.34. The molecule has 0 spiro atoms. The lowest BCUT2D eigenvalue weighted by molar-refractivity contribution is -0.193. The summed E-state index contributed by atoms with van der Waals surface area (Å²) in [5.74, 6) is -0.455. The summed E-state index contributed by atoms with van der Waals surface area (Å²) in [6.07, 6.45) is -0.502. The summed E-state index contributed by atoms with van der Waals surface area (Å²) >= 11 is 0. The molecule has 1 saturated heterocycles. The van der Waals surface area contributed by atoms with Gasteiger partial charge in [0.15, 0.2) is 0 Å². The Balaban J connectivity index is 2.21. The maximum absolute atomic E-state index is 11.5. The fourth-order valence-electron chi connectivity index (χ4n) is 1.98. The number of aliphatic hydroxyl groups excluding tert-OH is 3. The Labute approximate surface area is 113 Å². The summed E-state index contributed by atoms with van der Waals surface area (Å²) in [5.41, 5.74) is 0. The highest BCUT2D eigenvalue weighted by Gasteiger charge is 2.38. The quantitative estimate of drug-likeness (QED) is 0.447. The van der Waals surface area contributed by atoms with Crippen molar-refractivity contribution in [2.24, 2.45) is 0 Å². The molecule has 3 N–H and O–H groups in total. The monoisotopic (exact) mass is 276 g/mol. The summed E-state index contributed by atoms with van der Waals surface area (Å²) in [6.45, 7) is 2.38. The minimum absolute atomic E-state index is 0.0906. The summed E-state index contributed by atoms with van der Waals surface area (Å²) in [7, 11) is 0. The molecule has 0 aromatic carbocycles. The average Bonchev–Trinajstić information content (AvgIpc) is 2.39. The van der Waals surface area contributed by atoms with Crippen LogP contribution in [0.4, 0.5) is 0 Å². The highest BCUT2D eigenvalue weighted by atomic mass is 16.5. The van der Waals surface area contributed by atoms with E-state index in [4.69, 9.17) is 9.47 Å². The fourth-order valence-corrected chi connectivity index (χ4v) is 1.98. The van der Waals surface area contributed by atoms with Gasteiger partial charge < -0.3 is 24.8 Å². The van der Waals surface area contributed by atoms with Crippen LogP contribution in [-0.2, 0) is 14.3 Å². The third kappa shape index (κ3) is 5.44. The first kappa shape index (κ1) is 16.4. The van der Waals surface area contributed by atoms with E-state index in [2.05, 4.69) is 6.92 Å². The van der Waals surface area contributed by atoms with Crippen molar-refractivity contribution in [1.29, 1.82) is 0 Å². The Bertz CT molecular complexity index is 270. The molecule has 0 amide bonds. The second kappa shape index (κ2) is 8.47. The first-order valence-electron chi connectivity index (χ1n) is 6.87. The number of ether oxygens (including phenoxy) is 2. The summed E-state index contributed by atoms with van der Waals surface area (Å²) < 4.78 is 10.2. The highest BCUT2D eigenvalue weighted by Crippen LogP contribution is 2.18. The van der Waals surface area contributed by atoms with E-state index in [-0.39, 0.29) is 13.0 Å². The van der Waals surface area contributed by atoms with Crippen LogP contribution in [0.3, 0.4) is 0 Å². The van der Waals surface area contributed by atoms with Crippen molar-refractivity contribution in [3.63, 3.8) is 0 Å². The molecule has 4 atom stereocenters. The van der Waals surface area contributed by atoms with Crippen molar-refractivity contribution in [2.75, 3.05) is 13.2 Å². The maximum atomic E-state index is 11.5. The standard InChI is InChI=1S/C13H24O6/c1-2-3-4-5-6-18-11(15)7-10-13(17)12(16)9(14)8-19-10/h9-10,12-14,16-17H,2-8H2,1H3/t9-,10?,12+,13+/m1/s1. The number of carbonyl (C=O) groups is 1. The molecule has 19 heavy (non-hydrogen) atoms. The molecule has 1 fully saturated rings. The molecular weight excluding hydrogens is 252 g/mol. The van der Waals surface area contributed by atoms with Gasteiger partial charge in [-0.3, -0.25) is 4.79 Å². The topological polar surface area (TPSA) is 96.2 Å². The van der Waals surface area contributed by atoms with Crippen molar-refractivity contribution in [3.8, 4) is 0 Å². The van der Waals surface area contributed by atoms with E-state index in [0.29, 0.717) is 6.61 Å². The Kier molecular flexibility index (Phi) is 7.30. The van der Waals surface area contributed by atoms with E-state index in [1.54, 1.807) is 0 Å². The molecule has 6 heteroatoms.